The van der Waals surface area contributed by atoms with Crippen LogP contribution in [0.2, 0.25) is 0 Å². The highest BCUT2D eigenvalue weighted by atomic mass is 19.1. The van der Waals surface area contributed by atoms with Gasteiger partial charge in [0.05, 0.1) is 28.5 Å². The smallest absolute Gasteiger partial charge is 0.341 e. The number of rotatable bonds is 4. The lowest BCUT2D eigenvalue weighted by Gasteiger charge is -2.28. The summed E-state index contributed by atoms with van der Waals surface area (Å²) < 4.78 is 62.1. The third-order valence-electron chi connectivity index (χ3n) is 5.99. The molecular weight excluding hydrogens is 472 g/mol. The minimum Gasteiger partial charge on any atom is -0.477 e. The molecule has 2 aromatic heterocycles. The molecule has 1 atom stereocenters. The highest BCUT2D eigenvalue weighted by Gasteiger charge is 2.35. The number of nitrogens with two attached hydrogens (primary N) is 1. The number of halogens is 4. The van der Waals surface area contributed by atoms with Gasteiger partial charge < -0.3 is 20.3 Å². The van der Waals surface area contributed by atoms with E-state index in [0.29, 0.717) is 25.1 Å². The molecule has 0 bridgehead atoms. The van der Waals surface area contributed by atoms with Crippen LogP contribution in [0.1, 0.15) is 29.4 Å². The fraction of sp³-hybridized carbons (Fsp3) is 0.182. The van der Waals surface area contributed by atoms with Crippen LogP contribution in [0.5, 0.6) is 0 Å². The monoisotopic (exact) mass is 488 g/mol. The topological polar surface area (TPSA) is 119 Å². The number of nitrogens with zero attached hydrogens (tertiary/aromatic N) is 5. The summed E-state index contributed by atoms with van der Waals surface area (Å²) in [6.45, 7) is 0.200. The van der Waals surface area contributed by atoms with E-state index in [1.165, 1.54) is 22.0 Å². The summed E-state index contributed by atoms with van der Waals surface area (Å²) in [7, 11) is 0. The Morgan fingerprint density at radius 1 is 1.17 bits per heavy atom. The van der Waals surface area contributed by atoms with Gasteiger partial charge in [-0.2, -0.15) is 0 Å². The molecule has 13 heteroatoms. The Balaban J connectivity index is 1.89. The van der Waals surface area contributed by atoms with Crippen LogP contribution in [0.15, 0.2) is 41.6 Å². The van der Waals surface area contributed by atoms with Crippen LogP contribution in [-0.4, -0.2) is 37.2 Å². The molecule has 35 heavy (non-hydrogen) atoms. The van der Waals surface area contributed by atoms with Gasteiger partial charge in [0.25, 0.3) is 0 Å². The largest absolute Gasteiger partial charge is 0.477 e. The van der Waals surface area contributed by atoms with E-state index >= 15 is 8.78 Å². The zero-order valence-electron chi connectivity index (χ0n) is 17.8. The normalized spacial score (nSPS) is 15.8. The maximum Gasteiger partial charge on any atom is 0.341 e. The van der Waals surface area contributed by atoms with Gasteiger partial charge in [0.2, 0.25) is 5.43 Å². The summed E-state index contributed by atoms with van der Waals surface area (Å²) in [4.78, 5) is 26.0. The van der Waals surface area contributed by atoms with E-state index in [2.05, 4.69) is 10.3 Å². The minimum atomic E-state index is -1.72. The van der Waals surface area contributed by atoms with Gasteiger partial charge in [-0.25, -0.2) is 27.0 Å². The molecule has 3 heterocycles. The van der Waals surface area contributed by atoms with Crippen molar-refractivity contribution in [1.29, 1.82) is 0 Å². The second kappa shape index (κ2) is 8.11. The van der Waals surface area contributed by atoms with Gasteiger partial charge >= 0.3 is 5.97 Å². The molecule has 5 rings (SSSR count). The van der Waals surface area contributed by atoms with E-state index in [4.69, 9.17) is 5.73 Å². The van der Waals surface area contributed by atoms with Crippen molar-refractivity contribution in [2.24, 2.45) is 0 Å². The number of fused-ring (bicyclic) bond motifs is 1. The quantitative estimate of drug-likeness (QED) is 0.334. The first kappa shape index (κ1) is 22.4. The van der Waals surface area contributed by atoms with Gasteiger partial charge in [0, 0.05) is 25.0 Å². The molecule has 0 saturated carbocycles. The van der Waals surface area contributed by atoms with E-state index in [0.717, 1.165) is 16.7 Å². The van der Waals surface area contributed by atoms with Crippen molar-refractivity contribution >= 4 is 28.2 Å². The SMILES string of the molecule is Nc1c(F)c(N2CCCC2n2ccnn2)c(F)c2c1c(=O)c(C(=O)O)cn2-c1ccc(F)cc1F. The first-order valence-electron chi connectivity index (χ1n) is 10.4. The molecule has 1 aliphatic heterocycles. The van der Waals surface area contributed by atoms with E-state index in [1.807, 2.05) is 0 Å². The molecule has 0 amide bonds. The van der Waals surface area contributed by atoms with Gasteiger partial charge in [-0.1, -0.05) is 5.21 Å². The molecule has 1 unspecified atom stereocenters. The van der Waals surface area contributed by atoms with Crippen LogP contribution in [-0.2, 0) is 0 Å². The van der Waals surface area contributed by atoms with Crippen molar-refractivity contribution < 1.29 is 27.5 Å². The number of benzene rings is 2. The molecule has 0 radical (unpaired) electrons. The number of anilines is 2. The Kier molecular flexibility index (Phi) is 5.19. The maximum absolute atomic E-state index is 16.2. The summed E-state index contributed by atoms with van der Waals surface area (Å²) in [6.07, 6.45) is 4.01. The molecule has 0 aliphatic carbocycles. The average molecular weight is 488 g/mol. The number of aromatic nitrogens is 4. The van der Waals surface area contributed by atoms with Crippen molar-refractivity contribution in [1.82, 2.24) is 19.6 Å². The predicted octanol–water partition coefficient (Wildman–Crippen LogP) is 3.22. The molecule has 9 nitrogen and oxygen atoms in total. The van der Waals surface area contributed by atoms with Gasteiger partial charge in [-0.15, -0.1) is 5.10 Å². The Hall–Kier alpha value is -4.42. The van der Waals surface area contributed by atoms with E-state index in [-0.39, 0.29) is 6.54 Å². The Labute approximate surface area is 193 Å². The molecule has 3 N–H and O–H groups in total. The average Bonchev–Trinajstić information content (AvgIpc) is 3.49. The minimum absolute atomic E-state index is 0.200. The molecule has 180 valence electrons. The molecule has 1 aliphatic rings. The van der Waals surface area contributed by atoms with Crippen LogP contribution in [0, 0.1) is 23.3 Å². The van der Waals surface area contributed by atoms with Crippen LogP contribution in [0.25, 0.3) is 16.6 Å². The van der Waals surface area contributed by atoms with Crippen molar-refractivity contribution in [3.8, 4) is 5.69 Å². The zero-order valence-corrected chi connectivity index (χ0v) is 17.8. The second-order valence-electron chi connectivity index (χ2n) is 7.96. The number of pyridine rings is 1. The third-order valence-corrected chi connectivity index (χ3v) is 5.99. The first-order chi connectivity index (χ1) is 16.7. The lowest BCUT2D eigenvalue weighted by atomic mass is 10.1. The summed E-state index contributed by atoms with van der Waals surface area (Å²) in [5.41, 5.74) is 1.28. The summed E-state index contributed by atoms with van der Waals surface area (Å²) in [5, 5.41) is 16.3. The van der Waals surface area contributed by atoms with Crippen molar-refractivity contribution in [3.63, 3.8) is 0 Å². The highest BCUT2D eigenvalue weighted by molar-refractivity contribution is 6.00. The molecule has 1 saturated heterocycles. The standard InChI is InChI=1S/C22H16F4N6O3/c23-10-3-4-13(12(24)8-10)31-9-11(22(34)35)21(33)15-18(27)16(25)20(17(26)19(15)31)30-6-1-2-14(30)32-7-5-28-29-32/h3-5,7-9,14H,1-2,6,27H2,(H,34,35). The number of nitrogen functional groups attached to an aromatic ring is 1. The van der Waals surface area contributed by atoms with Gasteiger partial charge in [0.1, 0.15) is 29.1 Å². The predicted molar refractivity (Wildman–Crippen MR) is 116 cm³/mol. The lowest BCUT2D eigenvalue weighted by molar-refractivity contribution is 0.0695. The van der Waals surface area contributed by atoms with Gasteiger partial charge in [-0.05, 0) is 25.0 Å². The number of carboxylic acid groups (broad SMARTS) is 1. The van der Waals surface area contributed by atoms with E-state index in [9.17, 15) is 23.5 Å². The fourth-order valence-corrected chi connectivity index (χ4v) is 4.46. The summed E-state index contributed by atoms with van der Waals surface area (Å²) >= 11 is 0. The summed E-state index contributed by atoms with van der Waals surface area (Å²) in [5.74, 6) is -6.36. The third kappa shape index (κ3) is 3.38. The Morgan fingerprint density at radius 2 is 1.94 bits per heavy atom. The fourth-order valence-electron chi connectivity index (χ4n) is 4.46. The highest BCUT2D eigenvalue weighted by Crippen LogP contribution is 2.41. The molecule has 4 aromatic rings. The first-order valence-corrected chi connectivity index (χ1v) is 10.4. The molecule has 1 fully saturated rings. The van der Waals surface area contributed by atoms with Crippen LogP contribution in [0.4, 0.5) is 28.9 Å². The Morgan fingerprint density at radius 3 is 2.60 bits per heavy atom. The summed E-state index contributed by atoms with van der Waals surface area (Å²) in [6, 6.07) is 2.31. The number of hydrogen-bond donors (Lipinski definition) is 2. The van der Waals surface area contributed by atoms with Crippen LogP contribution < -0.4 is 16.1 Å². The molecule has 0 spiro atoms. The van der Waals surface area contributed by atoms with Crippen molar-refractivity contribution in [2.75, 3.05) is 17.2 Å². The van der Waals surface area contributed by atoms with E-state index < -0.39 is 74.4 Å². The zero-order chi connectivity index (χ0) is 25.0. The van der Waals surface area contributed by atoms with Crippen molar-refractivity contribution in [3.05, 3.63) is 75.8 Å². The lowest BCUT2D eigenvalue weighted by Crippen LogP contribution is -2.30. The van der Waals surface area contributed by atoms with Gasteiger partial charge in [0.15, 0.2) is 11.6 Å². The van der Waals surface area contributed by atoms with Crippen LogP contribution >= 0.6 is 0 Å². The van der Waals surface area contributed by atoms with Gasteiger partial charge in [-0.3, -0.25) is 4.79 Å². The number of carbonyl (C=O) groups is 1. The maximum atomic E-state index is 16.2. The van der Waals surface area contributed by atoms with Crippen LogP contribution in [0.3, 0.4) is 0 Å². The van der Waals surface area contributed by atoms with E-state index in [1.54, 1.807) is 0 Å². The molecular formula is C22H16F4N6O3. The Bertz CT molecular complexity index is 1550. The number of carboxylic acids is 1. The van der Waals surface area contributed by atoms with Crippen molar-refractivity contribution in [2.45, 2.75) is 19.0 Å². The molecule has 2 aromatic carbocycles. The number of hydrogen-bond acceptors (Lipinski definition) is 6. The second-order valence-corrected chi connectivity index (χ2v) is 7.96. The number of aromatic carboxylic acids is 1.